The molecule has 12 heavy (non-hydrogen) atoms. The van der Waals surface area contributed by atoms with E-state index in [0.717, 1.165) is 5.56 Å². The summed E-state index contributed by atoms with van der Waals surface area (Å²) >= 11 is 0. The lowest BCUT2D eigenvalue weighted by atomic mass is 10.3. The number of hydrogen-bond acceptors (Lipinski definition) is 5. The third kappa shape index (κ3) is 1.12. The molecule has 0 unspecified atom stereocenters. The molecule has 0 bridgehead atoms. The first-order valence-corrected chi connectivity index (χ1v) is 3.35. The SMILES string of the molecule is Nc1nnc(-c2cccnc2)o1. The Bertz CT molecular complexity index is 370. The fourth-order valence-electron chi connectivity index (χ4n) is 0.840. The van der Waals surface area contributed by atoms with Crippen LogP contribution in [0.5, 0.6) is 0 Å². The van der Waals surface area contributed by atoms with Gasteiger partial charge in [-0.25, -0.2) is 0 Å². The summed E-state index contributed by atoms with van der Waals surface area (Å²) in [6, 6.07) is 3.67. The van der Waals surface area contributed by atoms with Crippen molar-refractivity contribution in [1.29, 1.82) is 0 Å². The molecule has 0 spiro atoms. The van der Waals surface area contributed by atoms with Gasteiger partial charge in [0.25, 0.3) is 5.89 Å². The van der Waals surface area contributed by atoms with Crippen molar-refractivity contribution in [1.82, 2.24) is 15.2 Å². The molecule has 0 atom stereocenters. The third-order valence-electron chi connectivity index (χ3n) is 1.35. The standard InChI is InChI=1S/C7H6N4O/c8-7-11-10-6(12-7)5-2-1-3-9-4-5/h1-4H,(H2,8,11). The number of nitrogens with two attached hydrogens (primary N) is 1. The van der Waals surface area contributed by atoms with Crippen molar-refractivity contribution in [3.05, 3.63) is 24.5 Å². The van der Waals surface area contributed by atoms with E-state index in [0.29, 0.717) is 5.89 Å². The fourth-order valence-corrected chi connectivity index (χ4v) is 0.840. The minimum absolute atomic E-state index is 0.0638. The monoisotopic (exact) mass is 162 g/mol. The minimum atomic E-state index is 0.0638. The molecule has 0 aliphatic carbocycles. The van der Waals surface area contributed by atoms with E-state index >= 15 is 0 Å². The molecule has 2 N–H and O–H groups in total. The summed E-state index contributed by atoms with van der Waals surface area (Å²) in [4.78, 5) is 3.90. The van der Waals surface area contributed by atoms with Crippen molar-refractivity contribution in [3.8, 4) is 11.5 Å². The molecule has 0 amide bonds. The molecule has 0 aliphatic heterocycles. The Balaban J connectivity index is 2.45. The molecule has 0 radical (unpaired) electrons. The second kappa shape index (κ2) is 2.61. The first kappa shape index (κ1) is 6.78. The minimum Gasteiger partial charge on any atom is -0.403 e. The van der Waals surface area contributed by atoms with Gasteiger partial charge in [0.1, 0.15) is 0 Å². The molecule has 2 heterocycles. The summed E-state index contributed by atoms with van der Waals surface area (Å²) in [6.45, 7) is 0. The Hall–Kier alpha value is -1.91. The summed E-state index contributed by atoms with van der Waals surface area (Å²) in [5.41, 5.74) is 6.02. The molecule has 2 rings (SSSR count). The maximum atomic E-state index is 5.26. The average molecular weight is 162 g/mol. The molecular formula is C7H6N4O. The van der Waals surface area contributed by atoms with Gasteiger partial charge in [-0.2, -0.15) is 0 Å². The molecule has 60 valence electrons. The Morgan fingerprint density at radius 2 is 2.25 bits per heavy atom. The van der Waals surface area contributed by atoms with Crippen LogP contribution in [0.2, 0.25) is 0 Å². The van der Waals surface area contributed by atoms with Crippen molar-refractivity contribution < 1.29 is 4.42 Å². The van der Waals surface area contributed by atoms with E-state index in [9.17, 15) is 0 Å². The van der Waals surface area contributed by atoms with Crippen LogP contribution in [-0.4, -0.2) is 15.2 Å². The molecule has 2 aromatic heterocycles. The van der Waals surface area contributed by atoms with E-state index in [-0.39, 0.29) is 6.01 Å². The predicted molar refractivity (Wildman–Crippen MR) is 41.9 cm³/mol. The van der Waals surface area contributed by atoms with Crippen LogP contribution in [-0.2, 0) is 0 Å². The van der Waals surface area contributed by atoms with Crippen molar-refractivity contribution in [2.45, 2.75) is 0 Å². The lowest BCUT2D eigenvalue weighted by molar-refractivity contribution is 0.590. The van der Waals surface area contributed by atoms with Gasteiger partial charge in [-0.05, 0) is 12.1 Å². The van der Waals surface area contributed by atoms with Crippen molar-refractivity contribution in [3.63, 3.8) is 0 Å². The summed E-state index contributed by atoms with van der Waals surface area (Å²) in [5.74, 6) is 0.389. The number of anilines is 1. The summed E-state index contributed by atoms with van der Waals surface area (Å²) < 4.78 is 4.99. The van der Waals surface area contributed by atoms with Gasteiger partial charge in [-0.15, -0.1) is 5.10 Å². The quantitative estimate of drug-likeness (QED) is 0.668. The highest BCUT2D eigenvalue weighted by Gasteiger charge is 2.04. The van der Waals surface area contributed by atoms with Gasteiger partial charge in [-0.3, -0.25) is 4.98 Å². The Kier molecular flexibility index (Phi) is 1.48. The average Bonchev–Trinajstić information content (AvgIpc) is 2.54. The number of rotatable bonds is 1. The van der Waals surface area contributed by atoms with Gasteiger partial charge < -0.3 is 10.2 Å². The van der Waals surface area contributed by atoms with E-state index in [1.54, 1.807) is 18.5 Å². The zero-order valence-electron chi connectivity index (χ0n) is 6.14. The van der Waals surface area contributed by atoms with Crippen molar-refractivity contribution >= 4 is 6.01 Å². The van der Waals surface area contributed by atoms with Crippen LogP contribution < -0.4 is 5.73 Å². The van der Waals surface area contributed by atoms with E-state index in [1.165, 1.54) is 0 Å². The number of nitrogen functional groups attached to an aromatic ring is 1. The fraction of sp³-hybridized carbons (Fsp3) is 0. The topological polar surface area (TPSA) is 77.8 Å². The van der Waals surface area contributed by atoms with Crippen LogP contribution in [0.25, 0.3) is 11.5 Å². The summed E-state index contributed by atoms with van der Waals surface area (Å²) in [7, 11) is 0. The molecule has 0 fully saturated rings. The van der Waals surface area contributed by atoms with Crippen LogP contribution in [0.15, 0.2) is 28.9 Å². The van der Waals surface area contributed by atoms with Crippen LogP contribution >= 0.6 is 0 Å². The largest absolute Gasteiger partial charge is 0.403 e. The van der Waals surface area contributed by atoms with Gasteiger partial charge in [0.05, 0.1) is 5.56 Å². The molecule has 5 nitrogen and oxygen atoms in total. The molecule has 2 aromatic rings. The zero-order chi connectivity index (χ0) is 8.39. The number of pyridine rings is 1. The summed E-state index contributed by atoms with van der Waals surface area (Å²) in [6.07, 6.45) is 3.30. The van der Waals surface area contributed by atoms with E-state index in [2.05, 4.69) is 15.2 Å². The first-order valence-electron chi connectivity index (χ1n) is 3.35. The number of aromatic nitrogens is 3. The number of nitrogens with zero attached hydrogens (tertiary/aromatic N) is 3. The van der Waals surface area contributed by atoms with E-state index in [4.69, 9.17) is 10.2 Å². The highest BCUT2D eigenvalue weighted by atomic mass is 16.4. The number of hydrogen-bond donors (Lipinski definition) is 1. The van der Waals surface area contributed by atoms with Gasteiger partial charge in [-0.1, -0.05) is 5.10 Å². The Labute approximate surface area is 68.3 Å². The third-order valence-corrected chi connectivity index (χ3v) is 1.35. The first-order chi connectivity index (χ1) is 5.86. The lowest BCUT2D eigenvalue weighted by Gasteiger charge is -1.89. The lowest BCUT2D eigenvalue weighted by Crippen LogP contribution is -1.81. The molecular weight excluding hydrogens is 156 g/mol. The smallest absolute Gasteiger partial charge is 0.313 e. The molecule has 0 aromatic carbocycles. The highest BCUT2D eigenvalue weighted by Crippen LogP contribution is 2.15. The van der Waals surface area contributed by atoms with Crippen LogP contribution in [0, 0.1) is 0 Å². The van der Waals surface area contributed by atoms with Crippen LogP contribution in [0.1, 0.15) is 0 Å². The predicted octanol–water partition coefficient (Wildman–Crippen LogP) is 0.714. The zero-order valence-corrected chi connectivity index (χ0v) is 6.14. The van der Waals surface area contributed by atoms with E-state index in [1.807, 2.05) is 6.07 Å². The van der Waals surface area contributed by atoms with Crippen molar-refractivity contribution in [2.75, 3.05) is 5.73 Å². The van der Waals surface area contributed by atoms with Gasteiger partial charge in [0.15, 0.2) is 0 Å². The summed E-state index contributed by atoms with van der Waals surface area (Å²) in [5, 5.41) is 7.23. The van der Waals surface area contributed by atoms with Gasteiger partial charge in [0, 0.05) is 12.4 Å². The Morgan fingerprint density at radius 3 is 2.83 bits per heavy atom. The molecule has 5 heteroatoms. The van der Waals surface area contributed by atoms with Gasteiger partial charge in [0.2, 0.25) is 0 Å². The molecule has 0 saturated heterocycles. The second-order valence-corrected chi connectivity index (χ2v) is 2.19. The molecule has 0 aliphatic rings. The van der Waals surface area contributed by atoms with Crippen LogP contribution in [0.4, 0.5) is 6.01 Å². The maximum absolute atomic E-state index is 5.26. The highest BCUT2D eigenvalue weighted by molar-refractivity contribution is 5.50. The maximum Gasteiger partial charge on any atom is 0.313 e. The van der Waals surface area contributed by atoms with Gasteiger partial charge >= 0.3 is 6.01 Å². The normalized spacial score (nSPS) is 10.0. The van der Waals surface area contributed by atoms with E-state index < -0.39 is 0 Å². The van der Waals surface area contributed by atoms with Crippen molar-refractivity contribution in [2.24, 2.45) is 0 Å². The Morgan fingerprint density at radius 1 is 1.33 bits per heavy atom. The van der Waals surface area contributed by atoms with Crippen LogP contribution in [0.3, 0.4) is 0 Å². The second-order valence-electron chi connectivity index (χ2n) is 2.19. The molecule has 0 saturated carbocycles.